The van der Waals surface area contributed by atoms with Crippen LogP contribution in [0.3, 0.4) is 0 Å². The van der Waals surface area contributed by atoms with Crippen molar-refractivity contribution in [3.63, 3.8) is 0 Å². The molecule has 0 bridgehead atoms. The number of benzene rings is 1. The van der Waals surface area contributed by atoms with Crippen molar-refractivity contribution >= 4 is 5.69 Å². The van der Waals surface area contributed by atoms with Crippen LogP contribution in [0.2, 0.25) is 0 Å². The van der Waals surface area contributed by atoms with Gasteiger partial charge in [-0.2, -0.15) is 0 Å². The Hall–Kier alpha value is -1.02. The summed E-state index contributed by atoms with van der Waals surface area (Å²) >= 11 is 0. The van der Waals surface area contributed by atoms with Gasteiger partial charge in [-0.05, 0) is 54.7 Å². The number of anilines is 1. The van der Waals surface area contributed by atoms with Crippen LogP contribution in [0.15, 0.2) is 18.2 Å². The van der Waals surface area contributed by atoms with Crippen molar-refractivity contribution in [3.05, 3.63) is 29.3 Å². The Labute approximate surface area is 123 Å². The summed E-state index contributed by atoms with van der Waals surface area (Å²) in [5, 5.41) is 0. The third-order valence-electron chi connectivity index (χ3n) is 5.40. The van der Waals surface area contributed by atoms with Crippen LogP contribution in [-0.4, -0.2) is 17.5 Å². The van der Waals surface area contributed by atoms with Gasteiger partial charge in [-0.15, -0.1) is 0 Å². The lowest BCUT2D eigenvalue weighted by atomic mass is 9.85. The zero-order chi connectivity index (χ0) is 14.2. The van der Waals surface area contributed by atoms with Gasteiger partial charge in [0, 0.05) is 24.8 Å². The topological polar surface area (TPSA) is 29.3 Å². The molecule has 0 aromatic heterocycles. The van der Waals surface area contributed by atoms with Crippen LogP contribution in [-0.2, 0) is 13.0 Å². The zero-order valence-corrected chi connectivity index (χ0v) is 13.0. The van der Waals surface area contributed by atoms with Crippen LogP contribution >= 0.6 is 0 Å². The van der Waals surface area contributed by atoms with E-state index in [1.165, 1.54) is 56.2 Å². The standard InChI is InChI=1S/C18H28N2/c1-18(2)10-4-6-15(8-11-18)20-12-9-14-5-3-7-17(19)16(14)13-20/h3,5,7,15H,4,6,8-13,19H2,1-2H3. The van der Waals surface area contributed by atoms with E-state index in [0.29, 0.717) is 5.41 Å². The van der Waals surface area contributed by atoms with Crippen molar-refractivity contribution < 1.29 is 0 Å². The molecule has 1 unspecified atom stereocenters. The molecule has 1 aromatic carbocycles. The van der Waals surface area contributed by atoms with Gasteiger partial charge in [0.05, 0.1) is 0 Å². The van der Waals surface area contributed by atoms with Crippen LogP contribution in [0, 0.1) is 5.41 Å². The average Bonchev–Trinajstić information content (AvgIpc) is 2.60. The molecule has 1 aromatic rings. The summed E-state index contributed by atoms with van der Waals surface area (Å²) in [7, 11) is 0. The molecule has 1 atom stereocenters. The quantitative estimate of drug-likeness (QED) is 0.619. The van der Waals surface area contributed by atoms with E-state index < -0.39 is 0 Å². The molecule has 3 rings (SSSR count). The maximum Gasteiger partial charge on any atom is 0.0362 e. The number of fused-ring (bicyclic) bond motifs is 1. The Bertz CT molecular complexity index is 478. The third-order valence-corrected chi connectivity index (χ3v) is 5.40. The van der Waals surface area contributed by atoms with Gasteiger partial charge >= 0.3 is 0 Å². The van der Waals surface area contributed by atoms with Gasteiger partial charge in [-0.1, -0.05) is 32.4 Å². The van der Waals surface area contributed by atoms with Crippen LogP contribution in [0.1, 0.15) is 57.1 Å². The number of hydrogen-bond acceptors (Lipinski definition) is 2. The van der Waals surface area contributed by atoms with Gasteiger partial charge < -0.3 is 5.73 Å². The summed E-state index contributed by atoms with van der Waals surface area (Å²) in [6, 6.07) is 7.17. The summed E-state index contributed by atoms with van der Waals surface area (Å²) in [5.74, 6) is 0. The summed E-state index contributed by atoms with van der Waals surface area (Å²) in [5.41, 5.74) is 10.6. The molecule has 0 saturated heterocycles. The van der Waals surface area contributed by atoms with E-state index in [-0.39, 0.29) is 0 Å². The fourth-order valence-electron chi connectivity index (χ4n) is 3.95. The molecule has 2 nitrogen and oxygen atoms in total. The second-order valence-corrected chi connectivity index (χ2v) is 7.45. The van der Waals surface area contributed by atoms with Gasteiger partial charge in [-0.3, -0.25) is 4.90 Å². The average molecular weight is 272 g/mol. The first-order valence-electron chi connectivity index (χ1n) is 8.15. The number of nitrogens with two attached hydrogens (primary N) is 1. The number of rotatable bonds is 1. The lowest BCUT2D eigenvalue weighted by Gasteiger charge is -2.36. The van der Waals surface area contributed by atoms with Gasteiger partial charge in [-0.25, -0.2) is 0 Å². The minimum Gasteiger partial charge on any atom is -0.398 e. The molecular formula is C18H28N2. The van der Waals surface area contributed by atoms with E-state index in [2.05, 4.69) is 36.9 Å². The fraction of sp³-hybridized carbons (Fsp3) is 0.667. The highest BCUT2D eigenvalue weighted by atomic mass is 15.2. The predicted octanol–water partition coefficient (Wildman–Crippen LogP) is 3.99. The maximum absolute atomic E-state index is 6.18. The molecule has 0 radical (unpaired) electrons. The Morgan fingerprint density at radius 3 is 2.90 bits per heavy atom. The summed E-state index contributed by atoms with van der Waals surface area (Å²) in [4.78, 5) is 2.69. The molecule has 0 spiro atoms. The summed E-state index contributed by atoms with van der Waals surface area (Å²) in [6.07, 6.45) is 8.02. The van der Waals surface area contributed by atoms with Crippen molar-refractivity contribution in [3.8, 4) is 0 Å². The molecule has 1 aliphatic carbocycles. The van der Waals surface area contributed by atoms with Gasteiger partial charge in [0.1, 0.15) is 0 Å². The van der Waals surface area contributed by atoms with Crippen molar-refractivity contribution in [2.24, 2.45) is 5.41 Å². The normalized spacial score (nSPS) is 26.8. The largest absolute Gasteiger partial charge is 0.398 e. The van der Waals surface area contributed by atoms with E-state index >= 15 is 0 Å². The Kier molecular flexibility index (Phi) is 3.76. The first-order valence-corrected chi connectivity index (χ1v) is 8.15. The number of nitrogen functional groups attached to an aromatic ring is 1. The molecule has 0 amide bonds. The first kappa shape index (κ1) is 13.9. The Balaban J connectivity index is 1.72. The molecule has 20 heavy (non-hydrogen) atoms. The molecule has 1 aliphatic heterocycles. The van der Waals surface area contributed by atoms with Crippen LogP contribution < -0.4 is 5.73 Å². The molecule has 2 heteroatoms. The van der Waals surface area contributed by atoms with E-state index in [4.69, 9.17) is 5.73 Å². The highest BCUT2D eigenvalue weighted by Gasteiger charge is 2.29. The number of hydrogen-bond donors (Lipinski definition) is 1. The molecule has 110 valence electrons. The van der Waals surface area contributed by atoms with Gasteiger partial charge in [0.15, 0.2) is 0 Å². The SMILES string of the molecule is CC1(C)CCCC(N2CCc3cccc(N)c3C2)CC1. The summed E-state index contributed by atoms with van der Waals surface area (Å²) < 4.78 is 0. The first-order chi connectivity index (χ1) is 9.55. The zero-order valence-electron chi connectivity index (χ0n) is 13.0. The van der Waals surface area contributed by atoms with E-state index in [1.807, 2.05) is 0 Å². The third kappa shape index (κ3) is 2.85. The lowest BCUT2D eigenvalue weighted by molar-refractivity contribution is 0.159. The van der Waals surface area contributed by atoms with Crippen LogP contribution in [0.4, 0.5) is 5.69 Å². The van der Waals surface area contributed by atoms with Crippen molar-refractivity contribution in [2.75, 3.05) is 12.3 Å². The van der Waals surface area contributed by atoms with E-state index in [0.717, 1.165) is 18.3 Å². The van der Waals surface area contributed by atoms with Crippen LogP contribution in [0.5, 0.6) is 0 Å². The smallest absolute Gasteiger partial charge is 0.0362 e. The Morgan fingerprint density at radius 1 is 1.20 bits per heavy atom. The van der Waals surface area contributed by atoms with Crippen molar-refractivity contribution in [2.45, 2.75) is 65.0 Å². The van der Waals surface area contributed by atoms with E-state index in [1.54, 1.807) is 0 Å². The molecule has 1 saturated carbocycles. The van der Waals surface area contributed by atoms with E-state index in [9.17, 15) is 0 Å². The minimum atomic E-state index is 0.543. The highest BCUT2D eigenvalue weighted by molar-refractivity contribution is 5.51. The predicted molar refractivity (Wildman–Crippen MR) is 85.6 cm³/mol. The van der Waals surface area contributed by atoms with Crippen LogP contribution in [0.25, 0.3) is 0 Å². The molecule has 2 N–H and O–H groups in total. The highest BCUT2D eigenvalue weighted by Crippen LogP contribution is 2.37. The molecule has 1 heterocycles. The van der Waals surface area contributed by atoms with Crippen molar-refractivity contribution in [1.82, 2.24) is 4.90 Å². The second kappa shape index (κ2) is 5.40. The molecule has 2 aliphatic rings. The monoisotopic (exact) mass is 272 g/mol. The Morgan fingerprint density at radius 2 is 2.05 bits per heavy atom. The van der Waals surface area contributed by atoms with Gasteiger partial charge in [0.2, 0.25) is 0 Å². The van der Waals surface area contributed by atoms with Crippen molar-refractivity contribution in [1.29, 1.82) is 0 Å². The maximum atomic E-state index is 6.18. The molecule has 1 fully saturated rings. The lowest BCUT2D eigenvalue weighted by Crippen LogP contribution is -2.39. The molecular weight excluding hydrogens is 244 g/mol. The second-order valence-electron chi connectivity index (χ2n) is 7.45. The number of nitrogens with zero attached hydrogens (tertiary/aromatic N) is 1. The fourth-order valence-corrected chi connectivity index (χ4v) is 3.95. The minimum absolute atomic E-state index is 0.543. The van der Waals surface area contributed by atoms with Gasteiger partial charge in [0.25, 0.3) is 0 Å². The summed E-state index contributed by atoms with van der Waals surface area (Å²) in [6.45, 7) is 7.13.